The third kappa shape index (κ3) is 3.82. The summed E-state index contributed by atoms with van der Waals surface area (Å²) in [5.41, 5.74) is 0.423. The summed E-state index contributed by atoms with van der Waals surface area (Å²) < 4.78 is 6.16. The monoisotopic (exact) mass is 326 g/mol. The molecule has 1 aromatic heterocycles. The number of aromatic nitrogens is 1. The molecule has 4 nitrogen and oxygen atoms in total. The average molecular weight is 327 g/mol. The second-order valence-electron chi connectivity index (χ2n) is 3.40. The fourth-order valence-electron chi connectivity index (χ4n) is 1.30. The van der Waals surface area contributed by atoms with Crippen molar-refractivity contribution >= 4 is 33.2 Å². The molecular formula is C12H11BrN2O2S. The van der Waals surface area contributed by atoms with E-state index in [2.05, 4.69) is 26.2 Å². The quantitative estimate of drug-likeness (QED) is 0.859. The molecule has 6 heteroatoms. The van der Waals surface area contributed by atoms with Crippen molar-refractivity contribution in [1.29, 1.82) is 0 Å². The zero-order chi connectivity index (χ0) is 12.8. The van der Waals surface area contributed by atoms with Crippen LogP contribution in [0.2, 0.25) is 0 Å². The summed E-state index contributed by atoms with van der Waals surface area (Å²) in [5, 5.41) is 4.45. The number of para-hydroxylation sites is 1. The lowest BCUT2D eigenvalue weighted by Crippen LogP contribution is -2.28. The molecule has 0 spiro atoms. The number of ether oxygens (including phenoxy) is 1. The highest BCUT2D eigenvalue weighted by molar-refractivity contribution is 9.11. The molecule has 2 aromatic rings. The lowest BCUT2D eigenvalue weighted by Gasteiger charge is -2.06. The van der Waals surface area contributed by atoms with E-state index in [0.29, 0.717) is 22.8 Å². The van der Waals surface area contributed by atoms with Crippen LogP contribution in [0.3, 0.4) is 0 Å². The lowest BCUT2D eigenvalue weighted by molar-refractivity contribution is 0.0942. The second kappa shape index (κ2) is 6.51. The number of nitrogens with one attached hydrogen (secondary N) is 1. The van der Waals surface area contributed by atoms with Gasteiger partial charge in [-0.2, -0.15) is 0 Å². The average Bonchev–Trinajstić information content (AvgIpc) is 2.82. The zero-order valence-electron chi connectivity index (χ0n) is 9.43. The second-order valence-corrected chi connectivity index (χ2v) is 5.54. The van der Waals surface area contributed by atoms with Crippen molar-refractivity contribution in [2.75, 3.05) is 13.2 Å². The highest BCUT2D eigenvalue weighted by Crippen LogP contribution is 2.15. The zero-order valence-corrected chi connectivity index (χ0v) is 11.8. The molecule has 94 valence electrons. The molecule has 1 amide bonds. The topological polar surface area (TPSA) is 51.2 Å². The molecular weight excluding hydrogens is 316 g/mol. The van der Waals surface area contributed by atoms with Crippen molar-refractivity contribution in [3.8, 4) is 5.75 Å². The molecule has 0 radical (unpaired) electrons. The number of hydrogen-bond acceptors (Lipinski definition) is 4. The van der Waals surface area contributed by atoms with Crippen LogP contribution in [-0.4, -0.2) is 24.0 Å². The van der Waals surface area contributed by atoms with Crippen LogP contribution in [0.5, 0.6) is 5.75 Å². The highest BCUT2D eigenvalue weighted by atomic mass is 79.9. The molecule has 0 bridgehead atoms. The van der Waals surface area contributed by atoms with Crippen LogP contribution >= 0.6 is 27.3 Å². The van der Waals surface area contributed by atoms with Gasteiger partial charge in [-0.1, -0.05) is 18.2 Å². The third-order valence-electron chi connectivity index (χ3n) is 2.11. The van der Waals surface area contributed by atoms with Crippen LogP contribution in [0.25, 0.3) is 0 Å². The van der Waals surface area contributed by atoms with Crippen molar-refractivity contribution in [2.24, 2.45) is 0 Å². The highest BCUT2D eigenvalue weighted by Gasteiger charge is 2.08. The van der Waals surface area contributed by atoms with Gasteiger partial charge in [0.2, 0.25) is 0 Å². The van der Waals surface area contributed by atoms with Crippen LogP contribution in [0.15, 0.2) is 39.6 Å². The molecule has 0 saturated carbocycles. The van der Waals surface area contributed by atoms with Gasteiger partial charge in [-0.15, -0.1) is 11.3 Å². The first-order valence-corrected chi connectivity index (χ1v) is 7.00. The Hall–Kier alpha value is -1.40. The predicted molar refractivity (Wildman–Crippen MR) is 74.1 cm³/mol. The molecule has 1 N–H and O–H groups in total. The summed E-state index contributed by atoms with van der Waals surface area (Å²) in [6, 6.07) is 9.48. The van der Waals surface area contributed by atoms with E-state index < -0.39 is 0 Å². The molecule has 0 aliphatic rings. The van der Waals surface area contributed by atoms with Crippen LogP contribution in [0.1, 0.15) is 10.5 Å². The fraction of sp³-hybridized carbons (Fsp3) is 0.167. The van der Waals surface area contributed by atoms with E-state index in [4.69, 9.17) is 4.74 Å². The maximum Gasteiger partial charge on any atom is 0.270 e. The molecule has 0 saturated heterocycles. The van der Waals surface area contributed by atoms with Gasteiger partial charge >= 0.3 is 0 Å². The van der Waals surface area contributed by atoms with Crippen molar-refractivity contribution in [3.63, 3.8) is 0 Å². The Morgan fingerprint density at radius 1 is 1.39 bits per heavy atom. The van der Waals surface area contributed by atoms with Gasteiger partial charge in [0, 0.05) is 5.38 Å². The van der Waals surface area contributed by atoms with Gasteiger partial charge in [0.25, 0.3) is 5.91 Å². The molecule has 0 unspecified atom stereocenters. The van der Waals surface area contributed by atoms with Crippen LogP contribution in [-0.2, 0) is 0 Å². The van der Waals surface area contributed by atoms with E-state index in [1.54, 1.807) is 5.38 Å². The number of amides is 1. The van der Waals surface area contributed by atoms with E-state index in [1.807, 2.05) is 30.3 Å². The molecule has 1 heterocycles. The van der Waals surface area contributed by atoms with Gasteiger partial charge in [0.05, 0.1) is 6.54 Å². The molecule has 0 atom stereocenters. The first kappa shape index (κ1) is 13.0. The Balaban J connectivity index is 1.71. The summed E-state index contributed by atoms with van der Waals surface area (Å²) in [6.45, 7) is 0.879. The van der Waals surface area contributed by atoms with Crippen molar-refractivity contribution in [3.05, 3.63) is 45.3 Å². The maximum absolute atomic E-state index is 11.6. The first-order valence-electron chi connectivity index (χ1n) is 5.33. The molecule has 0 aliphatic heterocycles. The first-order chi connectivity index (χ1) is 8.75. The number of nitrogens with zero attached hydrogens (tertiary/aromatic N) is 1. The largest absolute Gasteiger partial charge is 0.492 e. The standard InChI is InChI=1S/C12H11BrN2O2S/c13-12-15-10(8-18-12)11(16)14-6-7-17-9-4-2-1-3-5-9/h1-5,8H,6-7H2,(H,14,16). The molecule has 0 fully saturated rings. The summed E-state index contributed by atoms with van der Waals surface area (Å²) in [4.78, 5) is 15.7. The fourth-order valence-corrected chi connectivity index (χ4v) is 2.29. The summed E-state index contributed by atoms with van der Waals surface area (Å²) in [5.74, 6) is 0.608. The predicted octanol–water partition coefficient (Wildman–Crippen LogP) is 2.71. The SMILES string of the molecule is O=C(NCCOc1ccccc1)c1csc(Br)n1. The van der Waals surface area contributed by atoms with E-state index in [1.165, 1.54) is 11.3 Å². The van der Waals surface area contributed by atoms with Gasteiger partial charge in [-0.05, 0) is 28.1 Å². The summed E-state index contributed by atoms with van der Waals surface area (Å²) in [6.07, 6.45) is 0. The molecule has 1 aromatic carbocycles. The normalized spacial score (nSPS) is 10.1. The molecule has 2 rings (SSSR count). The Morgan fingerprint density at radius 3 is 2.83 bits per heavy atom. The number of benzene rings is 1. The van der Waals surface area contributed by atoms with Gasteiger partial charge in [0.15, 0.2) is 3.92 Å². The van der Waals surface area contributed by atoms with E-state index >= 15 is 0 Å². The molecule has 18 heavy (non-hydrogen) atoms. The Morgan fingerprint density at radius 2 is 2.17 bits per heavy atom. The van der Waals surface area contributed by atoms with Crippen molar-refractivity contribution in [2.45, 2.75) is 0 Å². The smallest absolute Gasteiger partial charge is 0.270 e. The summed E-state index contributed by atoms with van der Waals surface area (Å²) >= 11 is 4.60. The number of hydrogen-bond donors (Lipinski definition) is 1. The minimum atomic E-state index is -0.186. The number of carbonyl (C=O) groups excluding carboxylic acids is 1. The van der Waals surface area contributed by atoms with E-state index in [0.717, 1.165) is 5.75 Å². The maximum atomic E-state index is 11.6. The van der Waals surface area contributed by atoms with E-state index in [9.17, 15) is 4.79 Å². The van der Waals surface area contributed by atoms with Gasteiger partial charge in [-0.3, -0.25) is 4.79 Å². The Labute approximate surface area is 117 Å². The van der Waals surface area contributed by atoms with Gasteiger partial charge in [-0.25, -0.2) is 4.98 Å². The minimum Gasteiger partial charge on any atom is -0.492 e. The Bertz CT molecular complexity index is 516. The van der Waals surface area contributed by atoms with Crippen molar-refractivity contribution in [1.82, 2.24) is 10.3 Å². The van der Waals surface area contributed by atoms with Crippen LogP contribution in [0.4, 0.5) is 0 Å². The van der Waals surface area contributed by atoms with Gasteiger partial charge in [0.1, 0.15) is 18.1 Å². The van der Waals surface area contributed by atoms with Gasteiger partial charge < -0.3 is 10.1 Å². The lowest BCUT2D eigenvalue weighted by atomic mass is 10.3. The van der Waals surface area contributed by atoms with E-state index in [-0.39, 0.29) is 5.91 Å². The summed E-state index contributed by atoms with van der Waals surface area (Å²) in [7, 11) is 0. The third-order valence-corrected chi connectivity index (χ3v) is 3.47. The Kier molecular flexibility index (Phi) is 4.72. The molecule has 0 aliphatic carbocycles. The van der Waals surface area contributed by atoms with Crippen LogP contribution < -0.4 is 10.1 Å². The van der Waals surface area contributed by atoms with Crippen molar-refractivity contribution < 1.29 is 9.53 Å². The van der Waals surface area contributed by atoms with Crippen LogP contribution in [0, 0.1) is 0 Å². The number of halogens is 1. The number of rotatable bonds is 5. The minimum absolute atomic E-state index is 0.186. The number of thiazole rings is 1. The number of carbonyl (C=O) groups is 1.